The molecule has 1 unspecified atom stereocenters. The summed E-state index contributed by atoms with van der Waals surface area (Å²) in [6, 6.07) is 7.79. The van der Waals surface area contributed by atoms with Gasteiger partial charge in [0.25, 0.3) is 0 Å². The molecule has 0 bridgehead atoms. The van der Waals surface area contributed by atoms with E-state index in [0.717, 1.165) is 17.1 Å². The molecule has 0 heterocycles. The lowest BCUT2D eigenvalue weighted by molar-refractivity contribution is 0.266. The van der Waals surface area contributed by atoms with Gasteiger partial charge in [0.1, 0.15) is 0 Å². The number of halogens is 1. The van der Waals surface area contributed by atoms with Crippen LogP contribution in [-0.2, 0) is 0 Å². The van der Waals surface area contributed by atoms with Crippen molar-refractivity contribution in [3.05, 3.63) is 29.3 Å². The van der Waals surface area contributed by atoms with Crippen molar-refractivity contribution in [1.82, 2.24) is 0 Å². The van der Waals surface area contributed by atoms with Gasteiger partial charge in [-0.3, -0.25) is 0 Å². The third kappa shape index (κ3) is 7.76. The SMILES string of the molecule is CCCCCCCCCC(CO)Nc1ccc(Cl)cc1. The summed E-state index contributed by atoms with van der Waals surface area (Å²) in [6.45, 7) is 2.42. The fourth-order valence-electron chi connectivity index (χ4n) is 2.34. The lowest BCUT2D eigenvalue weighted by Gasteiger charge is -2.17. The van der Waals surface area contributed by atoms with Crippen molar-refractivity contribution in [3.8, 4) is 0 Å². The molecule has 20 heavy (non-hydrogen) atoms. The van der Waals surface area contributed by atoms with Gasteiger partial charge in [0.15, 0.2) is 0 Å². The minimum absolute atomic E-state index is 0.145. The van der Waals surface area contributed by atoms with Crippen LogP contribution < -0.4 is 5.32 Å². The summed E-state index contributed by atoms with van der Waals surface area (Å²) in [4.78, 5) is 0. The zero-order valence-corrected chi connectivity index (χ0v) is 13.3. The second kappa shape index (κ2) is 11.0. The number of hydrogen-bond acceptors (Lipinski definition) is 2. The molecule has 0 saturated heterocycles. The second-order valence-corrected chi connectivity index (χ2v) is 5.88. The molecule has 1 rings (SSSR count). The Balaban J connectivity index is 2.14. The van der Waals surface area contributed by atoms with Crippen LogP contribution in [-0.4, -0.2) is 17.8 Å². The molecule has 114 valence electrons. The quantitative estimate of drug-likeness (QED) is 0.546. The summed E-state index contributed by atoms with van der Waals surface area (Å²) in [5, 5.41) is 13.5. The van der Waals surface area contributed by atoms with Gasteiger partial charge in [-0.25, -0.2) is 0 Å². The van der Waals surface area contributed by atoms with Crippen LogP contribution in [0, 0.1) is 0 Å². The average Bonchev–Trinajstić information content (AvgIpc) is 2.47. The Morgan fingerprint density at radius 2 is 1.60 bits per heavy atom. The molecule has 0 aliphatic heterocycles. The monoisotopic (exact) mass is 297 g/mol. The highest BCUT2D eigenvalue weighted by atomic mass is 35.5. The molecular weight excluding hydrogens is 270 g/mol. The first kappa shape index (κ1) is 17.3. The van der Waals surface area contributed by atoms with E-state index in [-0.39, 0.29) is 12.6 Å². The molecule has 0 radical (unpaired) electrons. The lowest BCUT2D eigenvalue weighted by atomic mass is 10.1. The molecular formula is C17H28ClNO. The van der Waals surface area contributed by atoms with Crippen LogP contribution in [0.2, 0.25) is 5.02 Å². The summed E-state index contributed by atoms with van der Waals surface area (Å²) in [5.74, 6) is 0. The first-order valence-corrected chi connectivity index (χ1v) is 8.27. The first-order valence-electron chi connectivity index (χ1n) is 7.89. The largest absolute Gasteiger partial charge is 0.394 e. The number of nitrogens with one attached hydrogen (secondary N) is 1. The molecule has 2 N–H and O–H groups in total. The maximum absolute atomic E-state index is 9.43. The molecule has 1 aromatic rings. The van der Waals surface area contributed by atoms with E-state index in [2.05, 4.69) is 12.2 Å². The minimum atomic E-state index is 0.145. The highest BCUT2D eigenvalue weighted by Gasteiger charge is 2.06. The predicted molar refractivity (Wildman–Crippen MR) is 88.6 cm³/mol. The van der Waals surface area contributed by atoms with Crippen LogP contribution in [0.15, 0.2) is 24.3 Å². The van der Waals surface area contributed by atoms with Crippen molar-refractivity contribution >= 4 is 17.3 Å². The Kier molecular flexibility index (Phi) is 9.52. The Hall–Kier alpha value is -0.730. The standard InChI is InChI=1S/C17H28ClNO/c1-2-3-4-5-6-7-8-9-17(14-20)19-16-12-10-15(18)11-13-16/h10-13,17,19-20H,2-9,14H2,1H3. The molecule has 0 amide bonds. The molecule has 0 aliphatic rings. The maximum Gasteiger partial charge on any atom is 0.0632 e. The smallest absolute Gasteiger partial charge is 0.0632 e. The third-order valence-electron chi connectivity index (χ3n) is 3.59. The van der Waals surface area contributed by atoms with Crippen LogP contribution in [0.5, 0.6) is 0 Å². The predicted octanol–water partition coefficient (Wildman–Crippen LogP) is 5.25. The number of anilines is 1. The minimum Gasteiger partial charge on any atom is -0.394 e. The fraction of sp³-hybridized carbons (Fsp3) is 0.647. The molecule has 3 heteroatoms. The van der Waals surface area contributed by atoms with Gasteiger partial charge in [0, 0.05) is 16.8 Å². The van der Waals surface area contributed by atoms with Crippen LogP contribution in [0.3, 0.4) is 0 Å². The molecule has 0 aromatic heterocycles. The number of aliphatic hydroxyl groups is 1. The van der Waals surface area contributed by atoms with Crippen molar-refractivity contribution in [1.29, 1.82) is 0 Å². The van der Waals surface area contributed by atoms with Crippen LogP contribution >= 0.6 is 11.6 Å². The van der Waals surface area contributed by atoms with E-state index >= 15 is 0 Å². The van der Waals surface area contributed by atoms with Gasteiger partial charge in [-0.15, -0.1) is 0 Å². The molecule has 0 saturated carbocycles. The van der Waals surface area contributed by atoms with Crippen LogP contribution in [0.25, 0.3) is 0 Å². The van der Waals surface area contributed by atoms with E-state index in [9.17, 15) is 5.11 Å². The topological polar surface area (TPSA) is 32.3 Å². The van der Waals surface area contributed by atoms with E-state index in [1.807, 2.05) is 24.3 Å². The van der Waals surface area contributed by atoms with E-state index in [1.54, 1.807) is 0 Å². The second-order valence-electron chi connectivity index (χ2n) is 5.44. The number of unbranched alkanes of at least 4 members (excludes halogenated alkanes) is 6. The Labute approximate surface area is 128 Å². The summed E-state index contributed by atoms with van der Waals surface area (Å²) in [7, 11) is 0. The van der Waals surface area contributed by atoms with Gasteiger partial charge in [-0.05, 0) is 30.7 Å². The first-order chi connectivity index (χ1) is 9.76. The maximum atomic E-state index is 9.43. The van der Waals surface area contributed by atoms with Crippen LogP contribution in [0.4, 0.5) is 5.69 Å². The summed E-state index contributed by atoms with van der Waals surface area (Å²) < 4.78 is 0. The van der Waals surface area contributed by atoms with Crippen molar-refractivity contribution < 1.29 is 5.11 Å². The molecule has 2 nitrogen and oxygen atoms in total. The number of benzene rings is 1. The highest BCUT2D eigenvalue weighted by molar-refractivity contribution is 6.30. The number of hydrogen-bond donors (Lipinski definition) is 2. The average molecular weight is 298 g/mol. The molecule has 0 fully saturated rings. The third-order valence-corrected chi connectivity index (χ3v) is 3.84. The van der Waals surface area contributed by atoms with Gasteiger partial charge in [0.2, 0.25) is 0 Å². The van der Waals surface area contributed by atoms with Gasteiger partial charge in [-0.1, -0.05) is 63.5 Å². The van der Waals surface area contributed by atoms with Crippen molar-refractivity contribution in [2.45, 2.75) is 64.3 Å². The van der Waals surface area contributed by atoms with Gasteiger partial charge in [0.05, 0.1) is 6.61 Å². The summed E-state index contributed by atoms with van der Waals surface area (Å²) >= 11 is 5.86. The van der Waals surface area contributed by atoms with Gasteiger partial charge < -0.3 is 10.4 Å². The lowest BCUT2D eigenvalue weighted by Crippen LogP contribution is -2.23. The van der Waals surface area contributed by atoms with E-state index in [0.29, 0.717) is 0 Å². The normalized spacial score (nSPS) is 12.3. The summed E-state index contributed by atoms with van der Waals surface area (Å²) in [5.41, 5.74) is 1.02. The molecule has 1 atom stereocenters. The Morgan fingerprint density at radius 3 is 2.20 bits per heavy atom. The van der Waals surface area contributed by atoms with Crippen molar-refractivity contribution in [3.63, 3.8) is 0 Å². The van der Waals surface area contributed by atoms with Crippen molar-refractivity contribution in [2.24, 2.45) is 0 Å². The fourth-order valence-corrected chi connectivity index (χ4v) is 2.46. The number of aliphatic hydroxyl groups excluding tert-OH is 1. The van der Waals surface area contributed by atoms with Crippen LogP contribution in [0.1, 0.15) is 58.3 Å². The highest BCUT2D eigenvalue weighted by Crippen LogP contribution is 2.16. The van der Waals surface area contributed by atoms with Gasteiger partial charge in [-0.2, -0.15) is 0 Å². The Bertz CT molecular complexity index is 339. The zero-order valence-electron chi connectivity index (χ0n) is 12.6. The molecule has 0 aliphatic carbocycles. The van der Waals surface area contributed by atoms with Gasteiger partial charge >= 0.3 is 0 Å². The Morgan fingerprint density at radius 1 is 1.00 bits per heavy atom. The number of rotatable bonds is 11. The molecule has 0 spiro atoms. The van der Waals surface area contributed by atoms with E-state index in [4.69, 9.17) is 11.6 Å². The van der Waals surface area contributed by atoms with E-state index in [1.165, 1.54) is 44.9 Å². The molecule has 1 aromatic carbocycles. The zero-order chi connectivity index (χ0) is 14.6. The van der Waals surface area contributed by atoms with E-state index < -0.39 is 0 Å². The summed E-state index contributed by atoms with van der Waals surface area (Å²) in [6.07, 6.45) is 10.2. The van der Waals surface area contributed by atoms with Crippen molar-refractivity contribution in [2.75, 3.05) is 11.9 Å².